The van der Waals surface area contributed by atoms with Crippen LogP contribution in [0.3, 0.4) is 0 Å². The number of thiophene rings is 1. The van der Waals surface area contributed by atoms with Gasteiger partial charge >= 0.3 is 0 Å². The van der Waals surface area contributed by atoms with Crippen molar-refractivity contribution in [1.82, 2.24) is 10.3 Å². The Labute approximate surface area is 196 Å². The Morgan fingerprint density at radius 3 is 2.52 bits per heavy atom. The molecular formula is C19H13ClN4O3S4. The molecule has 0 radical (unpaired) electrons. The third-order valence-corrected chi connectivity index (χ3v) is 8.10. The van der Waals surface area contributed by atoms with Crippen LogP contribution in [0, 0.1) is 0 Å². The molecule has 0 aliphatic rings. The molecule has 158 valence electrons. The van der Waals surface area contributed by atoms with Gasteiger partial charge in [0.05, 0.1) is 9.92 Å². The highest BCUT2D eigenvalue weighted by Crippen LogP contribution is 2.35. The summed E-state index contributed by atoms with van der Waals surface area (Å²) in [5, 5.41) is 8.65. The Kier molecular flexibility index (Phi) is 6.21. The molecule has 0 aliphatic heterocycles. The fraction of sp³-hybridized carbons (Fsp3) is 0. The maximum absolute atomic E-state index is 12.6. The number of benzene rings is 2. The van der Waals surface area contributed by atoms with Crippen LogP contribution in [-0.2, 0) is 10.0 Å². The van der Waals surface area contributed by atoms with Gasteiger partial charge < -0.3 is 5.32 Å². The molecule has 0 saturated carbocycles. The second-order valence-electron chi connectivity index (χ2n) is 6.12. The van der Waals surface area contributed by atoms with Crippen molar-refractivity contribution in [1.29, 1.82) is 0 Å². The quantitative estimate of drug-likeness (QED) is 0.330. The van der Waals surface area contributed by atoms with E-state index in [1.54, 1.807) is 17.5 Å². The average molecular weight is 509 g/mol. The first-order chi connectivity index (χ1) is 14.8. The van der Waals surface area contributed by atoms with Gasteiger partial charge in [-0.2, -0.15) is 0 Å². The van der Waals surface area contributed by atoms with Crippen molar-refractivity contribution in [3.63, 3.8) is 0 Å². The van der Waals surface area contributed by atoms with E-state index >= 15 is 0 Å². The summed E-state index contributed by atoms with van der Waals surface area (Å²) in [5.41, 5.74) is 0.515. The first-order valence-electron chi connectivity index (χ1n) is 8.65. The van der Waals surface area contributed by atoms with E-state index < -0.39 is 15.9 Å². The monoisotopic (exact) mass is 508 g/mol. The number of hydrogen-bond donors (Lipinski definition) is 3. The Bertz CT molecular complexity index is 1370. The van der Waals surface area contributed by atoms with E-state index in [1.165, 1.54) is 41.0 Å². The fourth-order valence-corrected chi connectivity index (χ4v) is 6.06. The minimum Gasteiger partial charge on any atom is -0.332 e. The van der Waals surface area contributed by atoms with Gasteiger partial charge in [-0.1, -0.05) is 29.8 Å². The summed E-state index contributed by atoms with van der Waals surface area (Å²) in [4.78, 5) is 16.9. The summed E-state index contributed by atoms with van der Waals surface area (Å²) in [5.74, 6) is -0.421. The number of nitrogens with one attached hydrogen (secondary N) is 3. The van der Waals surface area contributed by atoms with Gasteiger partial charge in [-0.05, 0) is 42.5 Å². The summed E-state index contributed by atoms with van der Waals surface area (Å²) in [6.07, 6.45) is 1.51. The maximum atomic E-state index is 12.6. The summed E-state index contributed by atoms with van der Waals surface area (Å²) >= 11 is 14.0. The predicted octanol–water partition coefficient (Wildman–Crippen LogP) is 4.94. The standard InChI is InChI=1S/C19H13ClN4O3S4/c20-15-13-3-1-2-4-14(13)30-16(15)17(25)23-18(28)22-11-5-7-12(8-6-11)31(26,27)24-19-21-9-10-29-19/h1-10H,(H,21,24)(H2,22,23,25,28). The van der Waals surface area contributed by atoms with Gasteiger partial charge in [-0.3, -0.25) is 14.8 Å². The molecule has 3 N–H and O–H groups in total. The van der Waals surface area contributed by atoms with Gasteiger partial charge in [0, 0.05) is 27.4 Å². The normalized spacial score (nSPS) is 11.3. The Morgan fingerprint density at radius 1 is 1.10 bits per heavy atom. The van der Waals surface area contributed by atoms with Gasteiger partial charge in [0.2, 0.25) is 0 Å². The van der Waals surface area contributed by atoms with Crippen molar-refractivity contribution in [3.05, 3.63) is 70.0 Å². The van der Waals surface area contributed by atoms with Crippen molar-refractivity contribution in [2.75, 3.05) is 10.0 Å². The van der Waals surface area contributed by atoms with Gasteiger partial charge in [-0.15, -0.1) is 22.7 Å². The minimum atomic E-state index is -3.75. The van der Waals surface area contributed by atoms with E-state index in [2.05, 4.69) is 20.3 Å². The molecule has 0 unspecified atom stereocenters. The zero-order valence-electron chi connectivity index (χ0n) is 15.5. The lowest BCUT2D eigenvalue weighted by Gasteiger charge is -2.10. The second kappa shape index (κ2) is 8.89. The molecule has 2 aromatic carbocycles. The van der Waals surface area contributed by atoms with Crippen molar-refractivity contribution in [3.8, 4) is 0 Å². The van der Waals surface area contributed by atoms with Crippen LogP contribution in [0.15, 0.2) is 65.0 Å². The number of nitrogens with zero attached hydrogens (tertiary/aromatic N) is 1. The SMILES string of the molecule is O=C(NC(=S)Nc1ccc(S(=O)(=O)Nc2nccs2)cc1)c1sc2ccccc2c1Cl. The van der Waals surface area contributed by atoms with Gasteiger partial charge in [0.15, 0.2) is 10.2 Å². The van der Waals surface area contributed by atoms with Gasteiger partial charge in [0.25, 0.3) is 15.9 Å². The van der Waals surface area contributed by atoms with Crippen LogP contribution in [0.4, 0.5) is 10.8 Å². The third kappa shape index (κ3) is 4.86. The molecule has 0 fully saturated rings. The summed E-state index contributed by atoms with van der Waals surface area (Å²) in [6.45, 7) is 0. The molecule has 0 atom stereocenters. The van der Waals surface area contributed by atoms with Crippen LogP contribution in [0.5, 0.6) is 0 Å². The van der Waals surface area contributed by atoms with Crippen LogP contribution < -0.4 is 15.4 Å². The number of carbonyl (C=O) groups excluding carboxylic acids is 1. The van der Waals surface area contributed by atoms with E-state index in [9.17, 15) is 13.2 Å². The van der Waals surface area contributed by atoms with Crippen LogP contribution in [-0.4, -0.2) is 24.4 Å². The highest BCUT2D eigenvalue weighted by molar-refractivity contribution is 7.93. The van der Waals surface area contributed by atoms with Crippen LogP contribution >= 0.6 is 46.5 Å². The van der Waals surface area contributed by atoms with E-state index in [0.29, 0.717) is 15.6 Å². The van der Waals surface area contributed by atoms with Gasteiger partial charge in [-0.25, -0.2) is 13.4 Å². The maximum Gasteiger partial charge on any atom is 0.269 e. The molecule has 12 heteroatoms. The van der Waals surface area contributed by atoms with Crippen molar-refractivity contribution < 1.29 is 13.2 Å². The Morgan fingerprint density at radius 2 is 1.84 bits per heavy atom. The van der Waals surface area contributed by atoms with E-state index in [4.69, 9.17) is 23.8 Å². The zero-order valence-corrected chi connectivity index (χ0v) is 19.5. The third-order valence-electron chi connectivity index (χ3n) is 4.04. The number of carbonyl (C=O) groups is 1. The molecule has 31 heavy (non-hydrogen) atoms. The number of rotatable bonds is 5. The molecule has 1 amide bonds. The topological polar surface area (TPSA) is 100 Å². The number of thiocarbonyl (C=S) groups is 1. The number of fused-ring (bicyclic) bond motifs is 1. The highest BCUT2D eigenvalue weighted by atomic mass is 35.5. The predicted molar refractivity (Wildman–Crippen MR) is 130 cm³/mol. The van der Waals surface area contributed by atoms with Gasteiger partial charge in [0.1, 0.15) is 4.88 Å². The molecule has 4 rings (SSSR count). The molecular weight excluding hydrogens is 496 g/mol. The lowest BCUT2D eigenvalue weighted by molar-refractivity contribution is 0.0982. The smallest absolute Gasteiger partial charge is 0.269 e. The summed E-state index contributed by atoms with van der Waals surface area (Å²) < 4.78 is 28.1. The largest absolute Gasteiger partial charge is 0.332 e. The van der Waals surface area contributed by atoms with Crippen LogP contribution in [0.2, 0.25) is 5.02 Å². The highest BCUT2D eigenvalue weighted by Gasteiger charge is 2.18. The number of halogens is 1. The Balaban J connectivity index is 1.41. The zero-order chi connectivity index (χ0) is 22.0. The molecule has 0 aliphatic carbocycles. The lowest BCUT2D eigenvalue weighted by Crippen LogP contribution is -2.33. The van der Waals surface area contributed by atoms with Crippen LogP contribution in [0.1, 0.15) is 9.67 Å². The number of sulfonamides is 1. The number of aromatic nitrogens is 1. The summed E-state index contributed by atoms with van der Waals surface area (Å²) in [7, 11) is -3.75. The number of thiazole rings is 1. The molecule has 4 aromatic rings. The Hall–Kier alpha value is -2.57. The first-order valence-corrected chi connectivity index (χ1v) is 12.6. The van der Waals surface area contributed by atoms with Crippen molar-refractivity contribution in [2.45, 2.75) is 4.90 Å². The fourth-order valence-electron chi connectivity index (χ4n) is 2.65. The van der Waals surface area contributed by atoms with E-state index in [0.717, 1.165) is 10.1 Å². The van der Waals surface area contributed by atoms with Crippen LogP contribution in [0.25, 0.3) is 10.1 Å². The number of anilines is 2. The molecule has 0 bridgehead atoms. The molecule has 2 aromatic heterocycles. The minimum absolute atomic E-state index is 0.0649. The van der Waals surface area contributed by atoms with E-state index in [-0.39, 0.29) is 15.1 Å². The molecule has 2 heterocycles. The number of hydrogen-bond acceptors (Lipinski definition) is 7. The average Bonchev–Trinajstić information content (AvgIpc) is 3.36. The molecule has 0 spiro atoms. The summed E-state index contributed by atoms with van der Waals surface area (Å²) in [6, 6.07) is 13.4. The van der Waals surface area contributed by atoms with Crippen molar-refractivity contribution >= 4 is 88.4 Å². The molecule has 0 saturated heterocycles. The first kappa shape index (κ1) is 21.7. The van der Waals surface area contributed by atoms with E-state index in [1.807, 2.05) is 24.3 Å². The number of amides is 1. The van der Waals surface area contributed by atoms with Crippen molar-refractivity contribution in [2.24, 2.45) is 0 Å². The second-order valence-corrected chi connectivity index (χ2v) is 10.5. The molecule has 7 nitrogen and oxygen atoms in total. The lowest BCUT2D eigenvalue weighted by atomic mass is 10.2.